The van der Waals surface area contributed by atoms with E-state index in [9.17, 15) is 22.4 Å². The number of hydrogen-bond donors (Lipinski definition) is 0. The van der Waals surface area contributed by atoms with Crippen LogP contribution in [0.15, 0.2) is 59.2 Å². The number of aromatic nitrogens is 1. The van der Waals surface area contributed by atoms with E-state index < -0.39 is 11.7 Å². The number of alkyl halides is 3. The van der Waals surface area contributed by atoms with Crippen LogP contribution in [0.2, 0.25) is 0 Å². The molecule has 33 heavy (non-hydrogen) atoms. The van der Waals surface area contributed by atoms with Crippen LogP contribution in [0, 0.1) is 5.82 Å². The molecule has 2 aromatic carbocycles. The monoisotopic (exact) mass is 463 g/mol. The van der Waals surface area contributed by atoms with Crippen molar-refractivity contribution in [1.82, 2.24) is 14.8 Å². The van der Waals surface area contributed by atoms with Gasteiger partial charge in [0.15, 0.2) is 6.61 Å². The Balaban J connectivity index is 1.27. The third-order valence-electron chi connectivity index (χ3n) is 5.28. The van der Waals surface area contributed by atoms with Gasteiger partial charge in [0, 0.05) is 38.3 Å². The zero-order valence-corrected chi connectivity index (χ0v) is 17.5. The number of halogens is 4. The van der Waals surface area contributed by atoms with Gasteiger partial charge in [-0.2, -0.15) is 13.2 Å². The van der Waals surface area contributed by atoms with Crippen molar-refractivity contribution in [3.63, 3.8) is 0 Å². The molecule has 1 fully saturated rings. The molecule has 2 heterocycles. The van der Waals surface area contributed by atoms with Gasteiger partial charge in [0.25, 0.3) is 5.91 Å². The number of benzene rings is 2. The molecule has 0 aliphatic carbocycles. The first-order chi connectivity index (χ1) is 15.8. The van der Waals surface area contributed by atoms with Crippen LogP contribution < -0.4 is 4.74 Å². The first-order valence-corrected chi connectivity index (χ1v) is 10.3. The quantitative estimate of drug-likeness (QED) is 0.513. The average Bonchev–Trinajstić information content (AvgIpc) is 3.27. The number of rotatable bonds is 6. The van der Waals surface area contributed by atoms with E-state index in [1.54, 1.807) is 4.90 Å². The topological polar surface area (TPSA) is 58.8 Å². The number of oxazole rings is 1. The van der Waals surface area contributed by atoms with E-state index in [0.717, 1.165) is 12.1 Å². The lowest BCUT2D eigenvalue weighted by Gasteiger charge is -2.34. The maximum atomic E-state index is 12.9. The second kappa shape index (κ2) is 9.62. The molecule has 0 radical (unpaired) electrons. The van der Waals surface area contributed by atoms with Crippen molar-refractivity contribution < 1.29 is 31.5 Å². The predicted octanol–water partition coefficient (Wildman–Crippen LogP) is 4.22. The van der Waals surface area contributed by atoms with Crippen LogP contribution in [0.5, 0.6) is 5.75 Å². The molecule has 0 N–H and O–H groups in total. The minimum absolute atomic E-state index is 0.128. The van der Waals surface area contributed by atoms with E-state index in [0.29, 0.717) is 44.2 Å². The summed E-state index contributed by atoms with van der Waals surface area (Å²) in [5.41, 5.74) is 0.0958. The highest BCUT2D eigenvalue weighted by atomic mass is 19.4. The van der Waals surface area contributed by atoms with E-state index in [2.05, 4.69) is 9.88 Å². The summed E-state index contributed by atoms with van der Waals surface area (Å²) in [5.74, 6) is 0.0138. The normalized spacial score (nSPS) is 15.0. The van der Waals surface area contributed by atoms with Gasteiger partial charge in [0.1, 0.15) is 17.8 Å². The first kappa shape index (κ1) is 22.8. The largest absolute Gasteiger partial charge is 0.484 e. The number of ether oxygens (including phenoxy) is 1. The summed E-state index contributed by atoms with van der Waals surface area (Å²) in [6, 6.07) is 10.3. The van der Waals surface area contributed by atoms with Crippen molar-refractivity contribution in [2.75, 3.05) is 32.8 Å². The molecule has 0 spiro atoms. The molecule has 1 aromatic heterocycles. The van der Waals surface area contributed by atoms with Crippen molar-refractivity contribution in [1.29, 1.82) is 0 Å². The Morgan fingerprint density at radius 3 is 2.48 bits per heavy atom. The minimum atomic E-state index is -4.44. The highest BCUT2D eigenvalue weighted by molar-refractivity contribution is 5.77. The molecule has 0 bridgehead atoms. The summed E-state index contributed by atoms with van der Waals surface area (Å²) in [6.07, 6.45) is -3.00. The Morgan fingerprint density at radius 2 is 1.79 bits per heavy atom. The molecule has 10 heteroatoms. The Bertz CT molecular complexity index is 1090. The van der Waals surface area contributed by atoms with Crippen LogP contribution in [0.3, 0.4) is 0 Å². The van der Waals surface area contributed by atoms with E-state index in [1.807, 2.05) is 0 Å². The fourth-order valence-corrected chi connectivity index (χ4v) is 3.49. The molecule has 4 rings (SSSR count). The molecule has 3 aromatic rings. The number of carbonyl (C=O) groups is 1. The molecule has 1 aliphatic heterocycles. The summed E-state index contributed by atoms with van der Waals surface area (Å²) in [6.45, 7) is 2.54. The van der Waals surface area contributed by atoms with Crippen molar-refractivity contribution in [2.24, 2.45) is 0 Å². The smallest absolute Gasteiger partial charge is 0.416 e. The van der Waals surface area contributed by atoms with Gasteiger partial charge >= 0.3 is 6.18 Å². The molecule has 1 amide bonds. The van der Waals surface area contributed by atoms with Gasteiger partial charge in [-0.1, -0.05) is 6.07 Å². The van der Waals surface area contributed by atoms with Gasteiger partial charge in [0.05, 0.1) is 11.3 Å². The Kier molecular flexibility index (Phi) is 6.64. The SMILES string of the molecule is O=C(COc1ccc(F)cc1)N1CCN(Cc2coc(-c3cccc(C(F)(F)F)c3)n2)CC1. The fraction of sp³-hybridized carbons (Fsp3) is 0.304. The van der Waals surface area contributed by atoms with Gasteiger partial charge in [0.2, 0.25) is 5.89 Å². The number of nitrogens with zero attached hydrogens (tertiary/aromatic N) is 3. The number of amides is 1. The van der Waals surface area contributed by atoms with E-state index >= 15 is 0 Å². The predicted molar refractivity (Wildman–Crippen MR) is 111 cm³/mol. The summed E-state index contributed by atoms with van der Waals surface area (Å²) in [5, 5.41) is 0. The number of hydrogen-bond acceptors (Lipinski definition) is 5. The van der Waals surface area contributed by atoms with Gasteiger partial charge in [-0.15, -0.1) is 0 Å². The highest BCUT2D eigenvalue weighted by Crippen LogP contribution is 2.32. The Hall–Kier alpha value is -3.40. The van der Waals surface area contributed by atoms with Gasteiger partial charge in [-0.05, 0) is 42.5 Å². The van der Waals surface area contributed by atoms with E-state index in [4.69, 9.17) is 9.15 Å². The number of carbonyl (C=O) groups excluding carboxylic acids is 1. The average molecular weight is 463 g/mol. The molecule has 0 atom stereocenters. The third-order valence-corrected chi connectivity index (χ3v) is 5.28. The maximum Gasteiger partial charge on any atom is 0.416 e. The van der Waals surface area contributed by atoms with Crippen molar-refractivity contribution in [3.8, 4) is 17.2 Å². The fourth-order valence-electron chi connectivity index (χ4n) is 3.49. The molecule has 0 saturated carbocycles. The summed E-state index contributed by atoms with van der Waals surface area (Å²) >= 11 is 0. The lowest BCUT2D eigenvalue weighted by atomic mass is 10.1. The zero-order valence-electron chi connectivity index (χ0n) is 17.5. The third kappa shape index (κ3) is 5.89. The first-order valence-electron chi connectivity index (χ1n) is 10.3. The molecular formula is C23H21F4N3O3. The van der Waals surface area contributed by atoms with Gasteiger partial charge < -0.3 is 14.1 Å². The highest BCUT2D eigenvalue weighted by Gasteiger charge is 2.31. The molecule has 6 nitrogen and oxygen atoms in total. The van der Waals surface area contributed by atoms with Crippen LogP contribution in [-0.2, 0) is 17.5 Å². The van der Waals surface area contributed by atoms with Crippen LogP contribution in [-0.4, -0.2) is 53.5 Å². The second-order valence-electron chi connectivity index (χ2n) is 7.62. The van der Waals surface area contributed by atoms with E-state index in [-0.39, 0.29) is 29.8 Å². The van der Waals surface area contributed by atoms with Crippen molar-refractivity contribution >= 4 is 5.91 Å². The summed E-state index contributed by atoms with van der Waals surface area (Å²) in [4.78, 5) is 20.5. The van der Waals surface area contributed by atoms with Gasteiger partial charge in [-0.25, -0.2) is 9.37 Å². The lowest BCUT2D eigenvalue weighted by molar-refractivity contribution is -0.137. The Morgan fingerprint density at radius 1 is 1.06 bits per heavy atom. The lowest BCUT2D eigenvalue weighted by Crippen LogP contribution is -2.49. The zero-order chi connectivity index (χ0) is 23.4. The Labute approximate surface area is 187 Å². The second-order valence-corrected chi connectivity index (χ2v) is 7.62. The van der Waals surface area contributed by atoms with Crippen molar-refractivity contribution in [3.05, 3.63) is 71.9 Å². The minimum Gasteiger partial charge on any atom is -0.484 e. The standard InChI is InChI=1S/C23H21F4N3O3/c24-18-4-6-20(7-5-18)32-15-21(31)30-10-8-29(9-11-30)13-19-14-33-22(28-19)16-2-1-3-17(12-16)23(25,26)27/h1-7,12,14H,8-11,13,15H2. The number of piperazine rings is 1. The summed E-state index contributed by atoms with van der Waals surface area (Å²) < 4.78 is 62.5. The molecular weight excluding hydrogens is 442 g/mol. The van der Waals surface area contributed by atoms with Crippen LogP contribution >= 0.6 is 0 Å². The van der Waals surface area contributed by atoms with Gasteiger partial charge in [-0.3, -0.25) is 9.69 Å². The van der Waals surface area contributed by atoms with Crippen LogP contribution in [0.25, 0.3) is 11.5 Å². The molecule has 1 aliphatic rings. The van der Waals surface area contributed by atoms with Crippen LogP contribution in [0.1, 0.15) is 11.3 Å². The van der Waals surface area contributed by atoms with E-state index in [1.165, 1.54) is 42.7 Å². The molecule has 174 valence electrons. The summed E-state index contributed by atoms with van der Waals surface area (Å²) in [7, 11) is 0. The molecule has 0 unspecified atom stereocenters. The van der Waals surface area contributed by atoms with Crippen molar-refractivity contribution in [2.45, 2.75) is 12.7 Å². The van der Waals surface area contributed by atoms with Crippen LogP contribution in [0.4, 0.5) is 17.6 Å². The molecule has 1 saturated heterocycles. The maximum absolute atomic E-state index is 12.9.